The molecule has 3 aliphatic heterocycles. The van der Waals surface area contributed by atoms with E-state index >= 15 is 0 Å². The number of piperazine rings is 1. The van der Waals surface area contributed by atoms with E-state index in [1.54, 1.807) is 14.0 Å². The summed E-state index contributed by atoms with van der Waals surface area (Å²) in [7, 11) is 1.55. The molecule has 0 aromatic carbocycles. The van der Waals surface area contributed by atoms with Crippen LogP contribution in [0.15, 0.2) is 22.5 Å². The van der Waals surface area contributed by atoms with Gasteiger partial charge in [0.05, 0.1) is 30.0 Å². The summed E-state index contributed by atoms with van der Waals surface area (Å²) in [6, 6.07) is 0.256. The molecule has 7 heteroatoms. The molecule has 4 atom stereocenters. The van der Waals surface area contributed by atoms with E-state index in [-0.39, 0.29) is 41.5 Å². The third-order valence-electron chi connectivity index (χ3n) is 5.26. The Labute approximate surface area is 121 Å². The minimum atomic E-state index is -0.861. The molecule has 2 fully saturated rings. The molecule has 4 aliphatic rings. The largest absolute Gasteiger partial charge is 0.396 e. The first-order valence-corrected chi connectivity index (χ1v) is 6.98. The fourth-order valence-corrected chi connectivity index (χ4v) is 4.16. The summed E-state index contributed by atoms with van der Waals surface area (Å²) < 4.78 is 5.74. The maximum Gasteiger partial charge on any atom is 0.207 e. The normalized spacial score (nSPS) is 40.7. The molecule has 0 radical (unpaired) electrons. The van der Waals surface area contributed by atoms with Crippen LogP contribution in [0.2, 0.25) is 0 Å². The van der Waals surface area contributed by atoms with Crippen LogP contribution in [0, 0.1) is 5.92 Å². The number of ketones is 2. The lowest BCUT2D eigenvalue weighted by molar-refractivity contribution is -0.137. The van der Waals surface area contributed by atoms with Gasteiger partial charge in [0, 0.05) is 30.8 Å². The monoisotopic (exact) mass is 291 g/mol. The van der Waals surface area contributed by atoms with E-state index in [2.05, 4.69) is 5.32 Å². The first-order valence-electron chi connectivity index (χ1n) is 6.98. The topological polar surface area (TPSA) is 115 Å². The maximum absolute atomic E-state index is 12.6. The van der Waals surface area contributed by atoms with Crippen LogP contribution in [-0.4, -0.2) is 59.6 Å². The summed E-state index contributed by atoms with van der Waals surface area (Å²) in [6.07, 6.45) is 0. The van der Waals surface area contributed by atoms with Crippen molar-refractivity contribution in [2.75, 3.05) is 20.3 Å². The Balaban J connectivity index is 1.92. The number of aliphatic hydroxyl groups is 1. The van der Waals surface area contributed by atoms with Gasteiger partial charge in [-0.2, -0.15) is 0 Å². The molecule has 2 saturated heterocycles. The third-order valence-corrected chi connectivity index (χ3v) is 5.26. The number of ether oxygens (including phenoxy) is 1. The Kier molecular flexibility index (Phi) is 2.31. The van der Waals surface area contributed by atoms with E-state index in [0.29, 0.717) is 17.8 Å². The van der Waals surface area contributed by atoms with Crippen LogP contribution in [0.1, 0.15) is 6.92 Å². The van der Waals surface area contributed by atoms with Crippen LogP contribution in [0.3, 0.4) is 0 Å². The van der Waals surface area contributed by atoms with E-state index < -0.39 is 11.6 Å². The van der Waals surface area contributed by atoms with Gasteiger partial charge in [0.1, 0.15) is 0 Å². The molecule has 0 saturated carbocycles. The number of hydrogen-bond acceptors (Lipinski definition) is 7. The number of rotatable bonds is 2. The van der Waals surface area contributed by atoms with E-state index in [0.717, 1.165) is 0 Å². The van der Waals surface area contributed by atoms with Gasteiger partial charge in [-0.15, -0.1) is 0 Å². The van der Waals surface area contributed by atoms with Crippen molar-refractivity contribution in [1.29, 1.82) is 0 Å². The lowest BCUT2D eigenvalue weighted by atomic mass is 9.82. The summed E-state index contributed by atoms with van der Waals surface area (Å²) >= 11 is 0. The summed E-state index contributed by atoms with van der Waals surface area (Å²) in [6.45, 7) is 1.90. The molecule has 3 heterocycles. The van der Waals surface area contributed by atoms with Crippen molar-refractivity contribution in [3.05, 3.63) is 22.5 Å². The molecule has 0 amide bonds. The highest BCUT2D eigenvalue weighted by molar-refractivity contribution is 6.25. The number of methoxy groups -OCH3 is 1. The first kappa shape index (κ1) is 13.0. The molecule has 4 rings (SSSR count). The van der Waals surface area contributed by atoms with Gasteiger partial charge >= 0.3 is 0 Å². The highest BCUT2D eigenvalue weighted by Gasteiger charge is 2.72. The van der Waals surface area contributed by atoms with Gasteiger partial charge in [-0.3, -0.25) is 9.59 Å². The minimum absolute atomic E-state index is 0.0207. The second-order valence-corrected chi connectivity index (χ2v) is 6.01. The average molecular weight is 291 g/mol. The van der Waals surface area contributed by atoms with Crippen LogP contribution in [0.5, 0.6) is 0 Å². The van der Waals surface area contributed by atoms with Crippen molar-refractivity contribution in [3.63, 3.8) is 0 Å². The van der Waals surface area contributed by atoms with E-state index in [9.17, 15) is 14.7 Å². The number of fused-ring (bicyclic) bond motifs is 4. The Morgan fingerprint density at radius 2 is 2.19 bits per heavy atom. The Hall–Kier alpha value is -1.70. The van der Waals surface area contributed by atoms with Crippen molar-refractivity contribution >= 4 is 11.6 Å². The van der Waals surface area contributed by atoms with Crippen molar-refractivity contribution in [3.8, 4) is 0 Å². The SMILES string of the molecule is CO[C@@]12[C@@H]3N[C@@H]3CN1C1=C(C(=O)C(N)=C(C)C1=O)[C@@H]2CO. The molecular formula is C14H17N3O4. The van der Waals surface area contributed by atoms with Crippen molar-refractivity contribution in [1.82, 2.24) is 10.2 Å². The number of nitrogens with one attached hydrogen (secondary N) is 1. The molecule has 0 spiro atoms. The van der Waals surface area contributed by atoms with E-state index in [1.807, 2.05) is 4.90 Å². The third kappa shape index (κ3) is 1.21. The van der Waals surface area contributed by atoms with Gasteiger partial charge < -0.3 is 25.8 Å². The number of carbonyl (C=O) groups is 2. The molecule has 7 nitrogen and oxygen atoms in total. The predicted molar refractivity (Wildman–Crippen MR) is 71.7 cm³/mol. The van der Waals surface area contributed by atoms with Crippen molar-refractivity contribution in [2.45, 2.75) is 24.7 Å². The predicted octanol–water partition coefficient (Wildman–Crippen LogP) is -1.75. The summed E-state index contributed by atoms with van der Waals surface area (Å²) in [5.74, 6) is -1.16. The van der Waals surface area contributed by atoms with Gasteiger partial charge in [-0.25, -0.2) is 0 Å². The molecule has 1 aliphatic carbocycles. The number of carbonyl (C=O) groups excluding carboxylic acids is 2. The van der Waals surface area contributed by atoms with Crippen molar-refractivity contribution in [2.24, 2.45) is 11.7 Å². The number of hydrogen-bond donors (Lipinski definition) is 3. The number of aliphatic hydroxyl groups excluding tert-OH is 1. The molecule has 112 valence electrons. The zero-order valence-electron chi connectivity index (χ0n) is 11.8. The first-order chi connectivity index (χ1) is 9.98. The lowest BCUT2D eigenvalue weighted by Crippen LogP contribution is -2.54. The molecule has 0 unspecified atom stereocenters. The fraction of sp³-hybridized carbons (Fsp3) is 0.571. The summed E-state index contributed by atoms with van der Waals surface area (Å²) in [5, 5.41) is 13.1. The highest BCUT2D eigenvalue weighted by atomic mass is 16.5. The van der Waals surface area contributed by atoms with Gasteiger partial charge in [-0.1, -0.05) is 0 Å². The van der Waals surface area contributed by atoms with Crippen LogP contribution < -0.4 is 11.1 Å². The number of allylic oxidation sites excluding steroid dienone is 2. The van der Waals surface area contributed by atoms with Gasteiger partial charge in [0.25, 0.3) is 0 Å². The standard InChI is InChI=1S/C14H17N3O4/c1-5-9(15)12(20)8-6(4-18)14(21-2)13-7(16-13)3-17(14)10(8)11(5)19/h6-7,13,16,18H,3-4,15H2,1-2H3/t6-,7+,13+,14-/m0/s1. The van der Waals surface area contributed by atoms with Crippen LogP contribution >= 0.6 is 0 Å². The smallest absolute Gasteiger partial charge is 0.207 e. The quantitative estimate of drug-likeness (QED) is 0.408. The lowest BCUT2D eigenvalue weighted by Gasteiger charge is -2.39. The fourth-order valence-electron chi connectivity index (χ4n) is 4.16. The molecule has 21 heavy (non-hydrogen) atoms. The molecular weight excluding hydrogens is 274 g/mol. The Morgan fingerprint density at radius 3 is 2.81 bits per heavy atom. The molecule has 0 aromatic rings. The van der Waals surface area contributed by atoms with Gasteiger partial charge in [0.2, 0.25) is 11.6 Å². The molecule has 4 N–H and O–H groups in total. The zero-order valence-corrected chi connectivity index (χ0v) is 11.8. The van der Waals surface area contributed by atoms with Crippen LogP contribution in [0.4, 0.5) is 0 Å². The Bertz CT molecular complexity index is 627. The van der Waals surface area contributed by atoms with Crippen LogP contribution in [0.25, 0.3) is 0 Å². The molecule has 0 bridgehead atoms. The van der Waals surface area contributed by atoms with Crippen LogP contribution in [-0.2, 0) is 14.3 Å². The Morgan fingerprint density at radius 1 is 1.48 bits per heavy atom. The number of Topliss-reactive ketones (excluding diaryl/α,β-unsaturated/α-hetero) is 2. The van der Waals surface area contributed by atoms with E-state index in [1.165, 1.54) is 0 Å². The zero-order chi connectivity index (χ0) is 15.1. The maximum atomic E-state index is 12.6. The second-order valence-electron chi connectivity index (χ2n) is 6.01. The van der Waals surface area contributed by atoms with Crippen molar-refractivity contribution < 1.29 is 19.4 Å². The summed E-state index contributed by atoms with van der Waals surface area (Å²) in [5.41, 5.74) is 5.84. The average Bonchev–Trinajstić information content (AvgIpc) is 3.09. The highest BCUT2D eigenvalue weighted by Crippen LogP contribution is 2.55. The number of nitrogens with two attached hydrogens (primary N) is 1. The second kappa shape index (κ2) is 3.73. The number of nitrogens with zero attached hydrogens (tertiary/aromatic N) is 1. The minimum Gasteiger partial charge on any atom is -0.396 e. The van der Waals surface area contributed by atoms with Gasteiger partial charge in [-0.05, 0) is 6.92 Å². The van der Waals surface area contributed by atoms with Gasteiger partial charge in [0.15, 0.2) is 5.72 Å². The van der Waals surface area contributed by atoms with E-state index in [4.69, 9.17) is 10.5 Å². The molecule has 0 aromatic heterocycles. The summed E-state index contributed by atoms with van der Waals surface area (Å²) in [4.78, 5) is 27.0.